The van der Waals surface area contributed by atoms with Crippen molar-refractivity contribution < 1.29 is 22.7 Å². The quantitative estimate of drug-likeness (QED) is 0.796. The fourth-order valence-electron chi connectivity index (χ4n) is 2.69. The molecule has 5 nitrogen and oxygen atoms in total. The minimum Gasteiger partial charge on any atom is -0.493 e. The van der Waals surface area contributed by atoms with Crippen LogP contribution in [0, 0.1) is 0 Å². The number of hydrogen-bond donors (Lipinski definition) is 2. The number of rotatable bonds is 6. The van der Waals surface area contributed by atoms with E-state index in [1.54, 1.807) is 6.92 Å². The number of carbonyl (C=O) groups excluding carboxylic acids is 1. The highest BCUT2D eigenvalue weighted by molar-refractivity contribution is 6.30. The van der Waals surface area contributed by atoms with Crippen LogP contribution in [0.4, 0.5) is 13.2 Å². The Labute approximate surface area is 149 Å². The van der Waals surface area contributed by atoms with Crippen LogP contribution in [-0.4, -0.2) is 62.4 Å². The standard InChI is InChI=1S/C16H21ClF3N3O2/c1-2-25-13-9-11(17)3-4-12(13)15(24)22-10-14(16(18,19)20)23-7-5-21-6-8-23/h3-4,9,14,21H,2,5-8,10H2,1H3,(H,22,24). The van der Waals surface area contributed by atoms with Crippen molar-refractivity contribution in [3.05, 3.63) is 28.8 Å². The maximum atomic E-state index is 13.4. The van der Waals surface area contributed by atoms with Crippen molar-refractivity contribution in [2.45, 2.75) is 19.1 Å². The lowest BCUT2D eigenvalue weighted by Gasteiger charge is -2.35. The molecule has 1 aliphatic rings. The van der Waals surface area contributed by atoms with Gasteiger partial charge in [0.2, 0.25) is 0 Å². The molecule has 0 aromatic heterocycles. The summed E-state index contributed by atoms with van der Waals surface area (Å²) >= 11 is 5.87. The van der Waals surface area contributed by atoms with Gasteiger partial charge in [0.25, 0.3) is 5.91 Å². The largest absolute Gasteiger partial charge is 0.493 e. The van der Waals surface area contributed by atoms with Crippen LogP contribution in [0.15, 0.2) is 18.2 Å². The zero-order chi connectivity index (χ0) is 18.4. The summed E-state index contributed by atoms with van der Waals surface area (Å²) in [6.07, 6.45) is -4.42. The van der Waals surface area contributed by atoms with Crippen LogP contribution in [0.1, 0.15) is 17.3 Å². The van der Waals surface area contributed by atoms with Gasteiger partial charge in [-0.1, -0.05) is 11.6 Å². The van der Waals surface area contributed by atoms with Crippen molar-refractivity contribution in [2.24, 2.45) is 0 Å². The van der Waals surface area contributed by atoms with Crippen molar-refractivity contribution in [3.8, 4) is 5.75 Å². The first-order valence-electron chi connectivity index (χ1n) is 8.05. The molecule has 1 amide bonds. The number of piperazine rings is 1. The molecule has 2 rings (SSSR count). The van der Waals surface area contributed by atoms with Gasteiger partial charge in [0.15, 0.2) is 0 Å². The fraction of sp³-hybridized carbons (Fsp3) is 0.562. The van der Waals surface area contributed by atoms with Crippen LogP contribution < -0.4 is 15.4 Å². The van der Waals surface area contributed by atoms with Gasteiger partial charge >= 0.3 is 6.18 Å². The number of carbonyl (C=O) groups is 1. The highest BCUT2D eigenvalue weighted by Gasteiger charge is 2.43. The van der Waals surface area contributed by atoms with E-state index in [-0.39, 0.29) is 24.4 Å². The van der Waals surface area contributed by atoms with E-state index in [1.807, 2.05) is 0 Å². The maximum Gasteiger partial charge on any atom is 0.405 e. The van der Waals surface area contributed by atoms with Crippen LogP contribution in [-0.2, 0) is 0 Å². The highest BCUT2D eigenvalue weighted by Crippen LogP contribution is 2.26. The number of hydrogen-bond acceptors (Lipinski definition) is 4. The number of nitrogens with zero attached hydrogens (tertiary/aromatic N) is 1. The molecule has 1 atom stereocenters. The second kappa shape index (κ2) is 8.73. The van der Waals surface area contributed by atoms with E-state index in [1.165, 1.54) is 23.1 Å². The lowest BCUT2D eigenvalue weighted by atomic mass is 10.1. The predicted molar refractivity (Wildman–Crippen MR) is 89.2 cm³/mol. The van der Waals surface area contributed by atoms with E-state index >= 15 is 0 Å². The molecule has 2 N–H and O–H groups in total. The SMILES string of the molecule is CCOc1cc(Cl)ccc1C(=O)NCC(N1CCNCC1)C(F)(F)F. The Morgan fingerprint density at radius 2 is 2.08 bits per heavy atom. The lowest BCUT2D eigenvalue weighted by Crippen LogP contribution is -2.57. The van der Waals surface area contributed by atoms with Crippen molar-refractivity contribution in [1.82, 2.24) is 15.5 Å². The highest BCUT2D eigenvalue weighted by atomic mass is 35.5. The maximum absolute atomic E-state index is 13.4. The van der Waals surface area contributed by atoms with E-state index in [2.05, 4.69) is 10.6 Å². The normalized spacial score (nSPS) is 17.2. The summed E-state index contributed by atoms with van der Waals surface area (Å²) in [5.41, 5.74) is 0.160. The first-order chi connectivity index (χ1) is 11.8. The minimum atomic E-state index is -4.42. The summed E-state index contributed by atoms with van der Waals surface area (Å²) < 4.78 is 45.4. The molecule has 0 bridgehead atoms. The third kappa shape index (κ3) is 5.49. The summed E-state index contributed by atoms with van der Waals surface area (Å²) in [6.45, 7) is 3.09. The summed E-state index contributed by atoms with van der Waals surface area (Å²) in [5, 5.41) is 5.77. The van der Waals surface area contributed by atoms with Crippen molar-refractivity contribution in [3.63, 3.8) is 0 Å². The van der Waals surface area contributed by atoms with E-state index in [9.17, 15) is 18.0 Å². The molecule has 1 aromatic rings. The monoisotopic (exact) mass is 379 g/mol. The molecule has 140 valence electrons. The zero-order valence-electron chi connectivity index (χ0n) is 13.8. The van der Waals surface area contributed by atoms with E-state index in [0.29, 0.717) is 24.7 Å². The summed E-state index contributed by atoms with van der Waals surface area (Å²) in [7, 11) is 0. The third-order valence-electron chi connectivity index (χ3n) is 3.91. The van der Waals surface area contributed by atoms with Crippen molar-refractivity contribution in [2.75, 3.05) is 39.3 Å². The predicted octanol–water partition coefficient (Wildman–Crippen LogP) is 2.30. The smallest absolute Gasteiger partial charge is 0.405 e. The number of nitrogens with one attached hydrogen (secondary N) is 2. The Kier molecular flexibility index (Phi) is 6.92. The average molecular weight is 380 g/mol. The molecule has 0 radical (unpaired) electrons. The average Bonchev–Trinajstić information content (AvgIpc) is 2.55. The third-order valence-corrected chi connectivity index (χ3v) is 4.15. The van der Waals surface area contributed by atoms with E-state index in [4.69, 9.17) is 16.3 Å². The van der Waals surface area contributed by atoms with Gasteiger partial charge in [-0.15, -0.1) is 0 Å². The molecule has 1 unspecified atom stereocenters. The molecule has 25 heavy (non-hydrogen) atoms. The zero-order valence-corrected chi connectivity index (χ0v) is 14.6. The first-order valence-corrected chi connectivity index (χ1v) is 8.42. The molecule has 1 aromatic carbocycles. The number of halogens is 4. The molecule has 9 heteroatoms. The molecule has 1 aliphatic heterocycles. The molecule has 1 heterocycles. The molecule has 0 spiro atoms. The molecule has 0 saturated carbocycles. The summed E-state index contributed by atoms with van der Waals surface area (Å²) in [6, 6.07) is 2.69. The fourth-order valence-corrected chi connectivity index (χ4v) is 2.85. The van der Waals surface area contributed by atoms with Gasteiger partial charge in [0, 0.05) is 37.7 Å². The van der Waals surface area contributed by atoms with Gasteiger partial charge in [-0.3, -0.25) is 9.69 Å². The van der Waals surface area contributed by atoms with Crippen molar-refractivity contribution in [1.29, 1.82) is 0 Å². The molecular weight excluding hydrogens is 359 g/mol. The second-order valence-electron chi connectivity index (χ2n) is 5.63. The Hall–Kier alpha value is -1.51. The number of benzene rings is 1. The van der Waals surface area contributed by atoms with Gasteiger partial charge in [-0.25, -0.2) is 0 Å². The number of ether oxygens (including phenoxy) is 1. The van der Waals surface area contributed by atoms with E-state index in [0.717, 1.165) is 0 Å². The Balaban J connectivity index is 2.08. The van der Waals surface area contributed by atoms with Crippen LogP contribution in [0.25, 0.3) is 0 Å². The van der Waals surface area contributed by atoms with Gasteiger partial charge in [0.05, 0.1) is 12.2 Å². The number of alkyl halides is 3. The van der Waals surface area contributed by atoms with Crippen LogP contribution >= 0.6 is 11.6 Å². The Morgan fingerprint density at radius 3 is 2.68 bits per heavy atom. The molecule has 1 saturated heterocycles. The Bertz CT molecular complexity index is 592. The Morgan fingerprint density at radius 1 is 1.40 bits per heavy atom. The van der Waals surface area contributed by atoms with Crippen LogP contribution in [0.2, 0.25) is 5.02 Å². The topological polar surface area (TPSA) is 53.6 Å². The second-order valence-corrected chi connectivity index (χ2v) is 6.06. The van der Waals surface area contributed by atoms with E-state index < -0.39 is 24.7 Å². The first kappa shape index (κ1) is 19.8. The molecule has 1 fully saturated rings. The minimum absolute atomic E-state index is 0.160. The molecule has 0 aliphatic carbocycles. The summed E-state index contributed by atoms with van der Waals surface area (Å²) in [5.74, 6) is -0.372. The summed E-state index contributed by atoms with van der Waals surface area (Å²) in [4.78, 5) is 13.7. The van der Waals surface area contributed by atoms with Gasteiger partial charge < -0.3 is 15.4 Å². The molecular formula is C16H21ClF3N3O2. The van der Waals surface area contributed by atoms with Crippen LogP contribution in [0.3, 0.4) is 0 Å². The number of amides is 1. The van der Waals surface area contributed by atoms with Crippen LogP contribution in [0.5, 0.6) is 5.75 Å². The van der Waals surface area contributed by atoms with Gasteiger partial charge in [0.1, 0.15) is 11.8 Å². The van der Waals surface area contributed by atoms with Crippen molar-refractivity contribution >= 4 is 17.5 Å². The lowest BCUT2D eigenvalue weighted by molar-refractivity contribution is -0.183. The van der Waals surface area contributed by atoms with Gasteiger partial charge in [-0.05, 0) is 25.1 Å². The van der Waals surface area contributed by atoms with Gasteiger partial charge in [-0.2, -0.15) is 13.2 Å².